The van der Waals surface area contributed by atoms with Crippen LogP contribution in [0.3, 0.4) is 0 Å². The lowest BCUT2D eigenvalue weighted by Crippen LogP contribution is -2.37. The zero-order valence-corrected chi connectivity index (χ0v) is 11.2. The minimum Gasteiger partial charge on any atom is -0.395 e. The minimum absolute atomic E-state index is 0.00792. The Morgan fingerprint density at radius 3 is 2.71 bits per heavy atom. The van der Waals surface area contributed by atoms with E-state index in [0.717, 1.165) is 17.0 Å². The molecule has 1 aromatic carbocycles. The lowest BCUT2D eigenvalue weighted by Gasteiger charge is -2.22. The topological polar surface area (TPSA) is 66.6 Å². The van der Waals surface area contributed by atoms with Crippen molar-refractivity contribution in [2.75, 3.05) is 26.2 Å². The van der Waals surface area contributed by atoms with Crippen molar-refractivity contribution in [2.24, 2.45) is 5.73 Å². The quantitative estimate of drug-likeness (QED) is 0.792. The molecule has 21 heavy (non-hydrogen) atoms. The summed E-state index contributed by atoms with van der Waals surface area (Å²) in [6.07, 6.45) is -2.74. The predicted octanol–water partition coefficient (Wildman–Crippen LogP) is 0.835. The number of carbonyl (C=O) groups is 1. The molecular weight excluding hydrogens is 285 g/mol. The molecule has 3 N–H and O–H groups in total. The monoisotopic (exact) mass is 300 g/mol. The maximum absolute atomic E-state index is 13.2. The molecule has 0 heterocycles. The number of nitrogens with zero attached hydrogens (tertiary/aromatic N) is 1. The van der Waals surface area contributed by atoms with Crippen molar-refractivity contribution in [3.05, 3.63) is 35.1 Å². The summed E-state index contributed by atoms with van der Waals surface area (Å²) in [6, 6.07) is 3.25. The van der Waals surface area contributed by atoms with Crippen LogP contribution >= 0.6 is 0 Å². The minimum atomic E-state index is -2.74. The molecule has 0 saturated carbocycles. The van der Waals surface area contributed by atoms with E-state index in [1.54, 1.807) is 0 Å². The van der Waals surface area contributed by atoms with Gasteiger partial charge >= 0.3 is 0 Å². The van der Waals surface area contributed by atoms with E-state index >= 15 is 0 Å². The Bertz CT molecular complexity index is 553. The average Bonchev–Trinajstić information content (AvgIpc) is 2.43. The molecule has 0 unspecified atom stereocenters. The van der Waals surface area contributed by atoms with Crippen LogP contribution in [-0.4, -0.2) is 48.6 Å². The Morgan fingerprint density at radius 1 is 1.43 bits per heavy atom. The van der Waals surface area contributed by atoms with E-state index < -0.39 is 31.3 Å². The van der Waals surface area contributed by atoms with Crippen molar-refractivity contribution in [3.63, 3.8) is 0 Å². The third-order valence-corrected chi connectivity index (χ3v) is 2.55. The lowest BCUT2D eigenvalue weighted by atomic mass is 10.1. The van der Waals surface area contributed by atoms with Crippen molar-refractivity contribution >= 4 is 5.91 Å². The van der Waals surface area contributed by atoms with Crippen LogP contribution in [0.15, 0.2) is 18.2 Å². The van der Waals surface area contributed by atoms with Gasteiger partial charge in [-0.05, 0) is 18.2 Å². The molecule has 1 amide bonds. The number of carbonyl (C=O) groups excluding carboxylic acids is 1. The number of nitrogens with two attached hydrogens (primary N) is 1. The molecule has 0 aliphatic rings. The van der Waals surface area contributed by atoms with Gasteiger partial charge in [0, 0.05) is 12.1 Å². The first-order valence-corrected chi connectivity index (χ1v) is 6.16. The summed E-state index contributed by atoms with van der Waals surface area (Å²) >= 11 is 0. The number of rotatable bonds is 5. The normalized spacial score (nSPS) is 10.2. The van der Waals surface area contributed by atoms with Crippen LogP contribution in [0.5, 0.6) is 0 Å². The molecule has 0 spiro atoms. The second-order valence-electron chi connectivity index (χ2n) is 4.06. The molecule has 1 aromatic rings. The fraction of sp³-hybridized carbons (Fsp3) is 0.357. The van der Waals surface area contributed by atoms with Crippen molar-refractivity contribution < 1.29 is 23.1 Å². The zero-order chi connectivity index (χ0) is 15.8. The second-order valence-corrected chi connectivity index (χ2v) is 4.06. The molecule has 7 heteroatoms. The third-order valence-electron chi connectivity index (χ3n) is 2.55. The number of aliphatic hydroxyl groups is 1. The van der Waals surface area contributed by atoms with Gasteiger partial charge in [-0.3, -0.25) is 4.79 Å². The van der Waals surface area contributed by atoms with Crippen LogP contribution in [0.1, 0.15) is 15.9 Å². The molecule has 0 radical (unpaired) electrons. The molecular formula is C14H15F3N2O2. The number of benzene rings is 1. The van der Waals surface area contributed by atoms with Gasteiger partial charge in [-0.25, -0.2) is 13.2 Å². The maximum atomic E-state index is 13.2. The first-order chi connectivity index (χ1) is 9.99. The summed E-state index contributed by atoms with van der Waals surface area (Å²) in [7, 11) is 0. The van der Waals surface area contributed by atoms with Crippen molar-refractivity contribution in [1.29, 1.82) is 0 Å². The maximum Gasteiger partial charge on any atom is 0.255 e. The number of aliphatic hydroxyl groups excluding tert-OH is 1. The van der Waals surface area contributed by atoms with Crippen LogP contribution in [0.4, 0.5) is 13.2 Å². The smallest absolute Gasteiger partial charge is 0.255 e. The van der Waals surface area contributed by atoms with Crippen LogP contribution in [0, 0.1) is 17.7 Å². The van der Waals surface area contributed by atoms with Crippen LogP contribution in [0.25, 0.3) is 0 Å². The summed E-state index contributed by atoms with van der Waals surface area (Å²) in [6.45, 7) is -1.50. The fourth-order valence-corrected chi connectivity index (χ4v) is 1.69. The van der Waals surface area contributed by atoms with E-state index in [1.807, 2.05) is 0 Å². The molecule has 0 fully saturated rings. The van der Waals surface area contributed by atoms with Gasteiger partial charge in [0.15, 0.2) is 0 Å². The van der Waals surface area contributed by atoms with E-state index in [2.05, 4.69) is 11.8 Å². The number of hydrogen-bond acceptors (Lipinski definition) is 3. The highest BCUT2D eigenvalue weighted by Gasteiger charge is 2.21. The summed E-state index contributed by atoms with van der Waals surface area (Å²) in [4.78, 5) is 13.0. The second kappa shape index (κ2) is 8.29. The highest BCUT2D eigenvalue weighted by atomic mass is 19.3. The standard InChI is InChI=1S/C14H15F3N2O2/c15-11-3-4-12(10(8-11)2-1-5-18)14(21)19(6-7-20)9-13(16)17/h3-4,8,13,20H,5-7,9,18H2. The Hall–Kier alpha value is -2.04. The van der Waals surface area contributed by atoms with Crippen LogP contribution in [-0.2, 0) is 0 Å². The highest BCUT2D eigenvalue weighted by Crippen LogP contribution is 2.14. The number of alkyl halides is 2. The fourth-order valence-electron chi connectivity index (χ4n) is 1.69. The van der Waals surface area contributed by atoms with Gasteiger partial charge in [0.2, 0.25) is 0 Å². The lowest BCUT2D eigenvalue weighted by molar-refractivity contribution is 0.0509. The summed E-state index contributed by atoms with van der Waals surface area (Å²) in [5.74, 6) is 3.67. The Balaban J connectivity index is 3.14. The molecule has 0 saturated heterocycles. The first kappa shape index (κ1) is 17.0. The summed E-state index contributed by atoms with van der Waals surface area (Å²) in [5, 5.41) is 8.86. The third kappa shape index (κ3) is 5.10. The van der Waals surface area contributed by atoms with E-state index in [9.17, 15) is 18.0 Å². The predicted molar refractivity (Wildman–Crippen MR) is 71.3 cm³/mol. The number of halogens is 3. The molecule has 0 bridgehead atoms. The van der Waals surface area contributed by atoms with E-state index in [1.165, 1.54) is 6.07 Å². The van der Waals surface area contributed by atoms with Gasteiger partial charge < -0.3 is 15.7 Å². The van der Waals surface area contributed by atoms with Crippen molar-refractivity contribution in [1.82, 2.24) is 4.90 Å². The van der Waals surface area contributed by atoms with Gasteiger partial charge in [0.05, 0.1) is 25.3 Å². The van der Waals surface area contributed by atoms with E-state index in [0.29, 0.717) is 0 Å². The average molecular weight is 300 g/mol. The Kier molecular flexibility index (Phi) is 6.72. The summed E-state index contributed by atoms with van der Waals surface area (Å²) < 4.78 is 38.2. The van der Waals surface area contributed by atoms with Gasteiger partial charge in [0.25, 0.3) is 12.3 Å². The van der Waals surface area contributed by atoms with E-state index in [-0.39, 0.29) is 24.2 Å². The zero-order valence-electron chi connectivity index (χ0n) is 11.2. The molecule has 0 atom stereocenters. The largest absolute Gasteiger partial charge is 0.395 e. The molecule has 0 aliphatic heterocycles. The van der Waals surface area contributed by atoms with Gasteiger partial charge in [-0.2, -0.15) is 0 Å². The van der Waals surface area contributed by atoms with Gasteiger partial charge in [-0.15, -0.1) is 0 Å². The SMILES string of the molecule is NCC#Cc1cc(F)ccc1C(=O)N(CCO)CC(F)F. The van der Waals surface area contributed by atoms with Gasteiger partial charge in [-0.1, -0.05) is 11.8 Å². The molecule has 114 valence electrons. The molecule has 1 rings (SSSR count). The van der Waals surface area contributed by atoms with Crippen molar-refractivity contribution in [2.45, 2.75) is 6.43 Å². The highest BCUT2D eigenvalue weighted by molar-refractivity contribution is 5.96. The number of hydrogen-bond donors (Lipinski definition) is 2. The van der Waals surface area contributed by atoms with E-state index in [4.69, 9.17) is 10.8 Å². The first-order valence-electron chi connectivity index (χ1n) is 6.16. The Morgan fingerprint density at radius 2 is 2.14 bits per heavy atom. The Labute approximate surface area is 120 Å². The summed E-state index contributed by atoms with van der Waals surface area (Å²) in [5.41, 5.74) is 5.28. The molecule has 0 aliphatic carbocycles. The van der Waals surface area contributed by atoms with Gasteiger partial charge in [0.1, 0.15) is 5.82 Å². The molecule has 0 aromatic heterocycles. The molecule has 4 nitrogen and oxygen atoms in total. The van der Waals surface area contributed by atoms with Crippen molar-refractivity contribution in [3.8, 4) is 11.8 Å². The van der Waals surface area contributed by atoms with Crippen LogP contribution < -0.4 is 5.73 Å². The number of amides is 1. The van der Waals surface area contributed by atoms with Crippen LogP contribution in [0.2, 0.25) is 0 Å².